The van der Waals surface area contributed by atoms with Crippen molar-refractivity contribution in [3.05, 3.63) is 87.9 Å². The van der Waals surface area contributed by atoms with E-state index >= 15 is 0 Å². The lowest BCUT2D eigenvalue weighted by Gasteiger charge is -2.36. The Morgan fingerprint density at radius 1 is 1.09 bits per heavy atom. The van der Waals surface area contributed by atoms with Gasteiger partial charge in [-0.25, -0.2) is 0 Å². The number of carbonyl (C=O) groups is 1. The molecule has 0 saturated heterocycles. The summed E-state index contributed by atoms with van der Waals surface area (Å²) in [6.07, 6.45) is 2.87. The molecule has 0 bridgehead atoms. The number of hydrogen-bond donors (Lipinski definition) is 0. The summed E-state index contributed by atoms with van der Waals surface area (Å²) in [5, 5.41) is 0. The minimum absolute atomic E-state index is 0.101. The normalized spacial score (nSPS) is 14.9. The highest BCUT2D eigenvalue weighted by Crippen LogP contribution is 2.40. The average molecular weight is 492 g/mol. The molecule has 4 rings (SSSR count). The minimum atomic E-state index is -0.200. The van der Waals surface area contributed by atoms with E-state index in [0.717, 1.165) is 23.3 Å². The van der Waals surface area contributed by atoms with Gasteiger partial charge >= 0.3 is 0 Å². The van der Waals surface area contributed by atoms with Gasteiger partial charge in [-0.1, -0.05) is 29.8 Å². The molecule has 2 heterocycles. The Labute approximate surface area is 212 Å². The summed E-state index contributed by atoms with van der Waals surface area (Å²) in [5.74, 6) is 3.12. The number of ether oxygens (including phenoxy) is 2. The van der Waals surface area contributed by atoms with Crippen LogP contribution in [0.3, 0.4) is 0 Å². The number of benzene rings is 2. The molecule has 2 aromatic carbocycles. The molecule has 1 aromatic heterocycles. The highest BCUT2D eigenvalue weighted by molar-refractivity contribution is 7.98. The Morgan fingerprint density at radius 2 is 1.77 bits per heavy atom. The SMILES string of the molecule is COc1cc2c(cc1OC)C(C=C(C)C)N(C(=O)c1ccc(CSc3c(C)cccc3C)o1)CC2. The first-order chi connectivity index (χ1) is 16.8. The first kappa shape index (κ1) is 25.0. The number of hydrogen-bond acceptors (Lipinski definition) is 5. The maximum Gasteiger partial charge on any atom is 0.290 e. The van der Waals surface area contributed by atoms with E-state index in [0.29, 0.717) is 29.6 Å². The van der Waals surface area contributed by atoms with Gasteiger partial charge in [-0.15, -0.1) is 11.8 Å². The largest absolute Gasteiger partial charge is 0.493 e. The lowest BCUT2D eigenvalue weighted by Crippen LogP contribution is -2.39. The van der Waals surface area contributed by atoms with E-state index in [9.17, 15) is 4.79 Å². The standard InChI is InChI=1S/C29H33NO4S/c1-18(2)14-24-23-16-27(33-6)26(32-5)15-21(23)12-13-30(24)29(31)25-11-10-22(34-25)17-35-28-19(3)8-7-9-20(28)4/h7-11,14-16,24H,12-13,17H2,1-6H3. The zero-order valence-corrected chi connectivity index (χ0v) is 22.1. The van der Waals surface area contributed by atoms with E-state index in [2.05, 4.69) is 38.1 Å². The highest BCUT2D eigenvalue weighted by Gasteiger charge is 2.32. The maximum absolute atomic E-state index is 13.6. The second-order valence-corrected chi connectivity index (χ2v) is 10.1. The second-order valence-electron chi connectivity index (χ2n) is 9.12. The molecule has 5 nitrogen and oxygen atoms in total. The number of aryl methyl sites for hydroxylation is 2. The summed E-state index contributed by atoms with van der Waals surface area (Å²) < 4.78 is 17.1. The molecule has 0 N–H and O–H groups in total. The van der Waals surface area contributed by atoms with Crippen LogP contribution in [0, 0.1) is 13.8 Å². The van der Waals surface area contributed by atoms with Gasteiger partial charge in [-0.2, -0.15) is 0 Å². The Morgan fingerprint density at radius 3 is 2.43 bits per heavy atom. The van der Waals surface area contributed by atoms with Gasteiger partial charge in [-0.3, -0.25) is 4.79 Å². The van der Waals surface area contributed by atoms with Crippen LogP contribution in [0.2, 0.25) is 0 Å². The fraction of sp³-hybridized carbons (Fsp3) is 0.345. The molecular formula is C29H33NO4S. The predicted octanol–water partition coefficient (Wildman–Crippen LogP) is 6.91. The van der Waals surface area contributed by atoms with Crippen LogP contribution < -0.4 is 9.47 Å². The fourth-order valence-corrected chi connectivity index (χ4v) is 5.62. The lowest BCUT2D eigenvalue weighted by atomic mass is 9.90. The van der Waals surface area contributed by atoms with Crippen LogP contribution in [-0.2, 0) is 12.2 Å². The molecule has 0 saturated carbocycles. The molecule has 1 aliphatic rings. The van der Waals surface area contributed by atoms with Crippen molar-refractivity contribution in [2.24, 2.45) is 0 Å². The molecule has 0 aliphatic carbocycles. The number of furan rings is 1. The number of methoxy groups -OCH3 is 2. The Hall–Kier alpha value is -3.12. The summed E-state index contributed by atoms with van der Waals surface area (Å²) >= 11 is 1.74. The zero-order valence-electron chi connectivity index (χ0n) is 21.3. The van der Waals surface area contributed by atoms with Crippen molar-refractivity contribution in [1.82, 2.24) is 4.90 Å². The van der Waals surface area contributed by atoms with Crippen LogP contribution in [0.1, 0.15) is 58.5 Å². The molecule has 0 radical (unpaired) electrons. The van der Waals surface area contributed by atoms with Gasteiger partial charge in [0.25, 0.3) is 5.91 Å². The van der Waals surface area contributed by atoms with Gasteiger partial charge in [0.2, 0.25) is 0 Å². The first-order valence-electron chi connectivity index (χ1n) is 11.8. The molecule has 1 aliphatic heterocycles. The molecule has 6 heteroatoms. The van der Waals surface area contributed by atoms with Gasteiger partial charge in [0, 0.05) is 11.4 Å². The van der Waals surface area contributed by atoms with E-state index in [-0.39, 0.29) is 11.9 Å². The smallest absolute Gasteiger partial charge is 0.290 e. The summed E-state index contributed by atoms with van der Waals surface area (Å²) in [5.41, 5.74) is 5.86. The third kappa shape index (κ3) is 5.27. The van der Waals surface area contributed by atoms with Crippen LogP contribution in [-0.4, -0.2) is 31.6 Å². The average Bonchev–Trinajstić information content (AvgIpc) is 3.31. The van der Waals surface area contributed by atoms with Crippen molar-refractivity contribution in [3.8, 4) is 11.5 Å². The fourth-order valence-electron chi connectivity index (χ4n) is 4.58. The Balaban J connectivity index is 1.58. The minimum Gasteiger partial charge on any atom is -0.493 e. The third-order valence-corrected chi connectivity index (χ3v) is 7.68. The third-order valence-electron chi connectivity index (χ3n) is 6.31. The molecule has 1 amide bonds. The topological polar surface area (TPSA) is 51.9 Å². The molecule has 35 heavy (non-hydrogen) atoms. The number of thioether (sulfide) groups is 1. The first-order valence-corrected chi connectivity index (χ1v) is 12.8. The van der Waals surface area contributed by atoms with Crippen molar-refractivity contribution in [2.75, 3.05) is 20.8 Å². The molecule has 3 aromatic rings. The van der Waals surface area contributed by atoms with E-state index in [1.165, 1.54) is 21.6 Å². The molecular weight excluding hydrogens is 458 g/mol. The van der Waals surface area contributed by atoms with Crippen LogP contribution in [0.4, 0.5) is 0 Å². The summed E-state index contributed by atoms with van der Waals surface area (Å²) in [4.78, 5) is 16.8. The summed E-state index contributed by atoms with van der Waals surface area (Å²) in [6.45, 7) is 8.94. The van der Waals surface area contributed by atoms with Crippen molar-refractivity contribution in [1.29, 1.82) is 0 Å². The van der Waals surface area contributed by atoms with E-state index in [1.807, 2.05) is 36.9 Å². The van der Waals surface area contributed by atoms with E-state index in [4.69, 9.17) is 13.9 Å². The van der Waals surface area contributed by atoms with Crippen LogP contribution in [0.15, 0.2) is 63.4 Å². The molecule has 1 unspecified atom stereocenters. The van der Waals surface area contributed by atoms with Crippen molar-refractivity contribution < 1.29 is 18.7 Å². The molecule has 1 atom stereocenters. The van der Waals surface area contributed by atoms with E-state index < -0.39 is 0 Å². The molecule has 184 valence electrons. The van der Waals surface area contributed by atoms with E-state index in [1.54, 1.807) is 32.0 Å². The number of allylic oxidation sites excluding steroid dienone is 1. The Bertz CT molecular complexity index is 1240. The van der Waals surface area contributed by atoms with Gasteiger partial charge in [-0.05, 0) is 80.6 Å². The number of fused-ring (bicyclic) bond motifs is 1. The van der Waals surface area contributed by atoms with Crippen LogP contribution in [0.5, 0.6) is 11.5 Å². The quantitative estimate of drug-likeness (QED) is 0.265. The van der Waals surface area contributed by atoms with Gasteiger partial charge in [0.1, 0.15) is 5.76 Å². The van der Waals surface area contributed by atoms with Crippen molar-refractivity contribution >= 4 is 17.7 Å². The Kier molecular flexibility index (Phi) is 7.60. The number of rotatable bonds is 7. The number of amides is 1. The van der Waals surface area contributed by atoms with Gasteiger partial charge in [0.15, 0.2) is 17.3 Å². The number of nitrogens with zero attached hydrogens (tertiary/aromatic N) is 1. The monoisotopic (exact) mass is 491 g/mol. The molecule has 0 spiro atoms. The van der Waals surface area contributed by atoms with Crippen LogP contribution >= 0.6 is 11.8 Å². The summed E-state index contributed by atoms with van der Waals surface area (Å²) in [7, 11) is 3.27. The van der Waals surface area contributed by atoms with Crippen LogP contribution in [0.25, 0.3) is 0 Å². The molecule has 0 fully saturated rings. The highest BCUT2D eigenvalue weighted by atomic mass is 32.2. The summed E-state index contributed by atoms with van der Waals surface area (Å²) in [6, 6.07) is 13.8. The maximum atomic E-state index is 13.6. The van der Waals surface area contributed by atoms with Crippen molar-refractivity contribution in [3.63, 3.8) is 0 Å². The van der Waals surface area contributed by atoms with Gasteiger partial charge in [0.05, 0.1) is 26.0 Å². The zero-order chi connectivity index (χ0) is 25.1. The van der Waals surface area contributed by atoms with Gasteiger partial charge < -0.3 is 18.8 Å². The number of carbonyl (C=O) groups excluding carboxylic acids is 1. The lowest BCUT2D eigenvalue weighted by molar-refractivity contribution is 0.0665. The predicted molar refractivity (Wildman–Crippen MR) is 141 cm³/mol. The van der Waals surface area contributed by atoms with Crippen molar-refractivity contribution in [2.45, 2.75) is 50.8 Å². The second kappa shape index (κ2) is 10.6.